The monoisotopic (exact) mass is 251 g/mol. The molecular formula is C12H21N5O. The fraction of sp³-hybridized carbons (Fsp3) is 0.667. The molecule has 1 unspecified atom stereocenters. The largest absolute Gasteiger partial charge is 0.381 e. The average molecular weight is 251 g/mol. The normalized spacial score (nSPS) is 20.1. The van der Waals surface area contributed by atoms with Crippen LogP contribution in [0.2, 0.25) is 0 Å². The van der Waals surface area contributed by atoms with Crippen LogP contribution < -0.4 is 11.3 Å². The van der Waals surface area contributed by atoms with Gasteiger partial charge in [0.05, 0.1) is 24.7 Å². The van der Waals surface area contributed by atoms with Crippen LogP contribution in [0.15, 0.2) is 12.4 Å². The lowest BCUT2D eigenvalue weighted by molar-refractivity contribution is 0.0410. The molecule has 6 nitrogen and oxygen atoms in total. The Bertz CT molecular complexity index is 350. The van der Waals surface area contributed by atoms with Crippen molar-refractivity contribution in [3.63, 3.8) is 0 Å². The number of aromatic nitrogens is 2. The van der Waals surface area contributed by atoms with Gasteiger partial charge in [0.1, 0.15) is 0 Å². The smallest absolute Gasteiger partial charge is 0.158 e. The lowest BCUT2D eigenvalue weighted by Gasteiger charge is -2.26. The van der Waals surface area contributed by atoms with Crippen LogP contribution in [0.1, 0.15) is 18.5 Å². The van der Waals surface area contributed by atoms with Crippen LogP contribution in [0.3, 0.4) is 0 Å². The molecule has 0 bridgehead atoms. The van der Waals surface area contributed by atoms with Crippen molar-refractivity contribution in [1.82, 2.24) is 14.9 Å². The third-order valence-electron chi connectivity index (χ3n) is 3.11. The number of rotatable bonds is 5. The van der Waals surface area contributed by atoms with Gasteiger partial charge in [-0.1, -0.05) is 0 Å². The highest BCUT2D eigenvalue weighted by Crippen LogP contribution is 2.15. The van der Waals surface area contributed by atoms with Gasteiger partial charge >= 0.3 is 0 Å². The Hall–Kier alpha value is -1.24. The van der Waals surface area contributed by atoms with E-state index in [4.69, 9.17) is 10.6 Å². The van der Waals surface area contributed by atoms with E-state index in [1.807, 2.05) is 0 Å². The van der Waals surface area contributed by atoms with Gasteiger partial charge in [0.25, 0.3) is 0 Å². The first kappa shape index (κ1) is 13.2. The molecule has 0 aliphatic carbocycles. The number of ether oxygens (including phenoxy) is 1. The first-order valence-corrected chi connectivity index (χ1v) is 6.31. The number of hydrogen-bond donors (Lipinski definition) is 2. The Morgan fingerprint density at radius 3 is 3.00 bits per heavy atom. The second kappa shape index (κ2) is 6.63. The Kier molecular flexibility index (Phi) is 4.86. The summed E-state index contributed by atoms with van der Waals surface area (Å²) in [6.45, 7) is 3.64. The number of nitrogens with zero attached hydrogens (tertiary/aromatic N) is 3. The van der Waals surface area contributed by atoms with Crippen LogP contribution in [0.4, 0.5) is 5.82 Å². The molecule has 0 amide bonds. The predicted molar refractivity (Wildman–Crippen MR) is 69.7 cm³/mol. The van der Waals surface area contributed by atoms with Crippen molar-refractivity contribution in [1.29, 1.82) is 0 Å². The number of hydrogen-bond acceptors (Lipinski definition) is 6. The van der Waals surface area contributed by atoms with Gasteiger partial charge in [0.2, 0.25) is 0 Å². The Labute approximate surface area is 108 Å². The molecule has 0 saturated carbocycles. The molecule has 0 radical (unpaired) electrons. The molecule has 2 heterocycles. The standard InChI is InChI=1S/C12H21N5O/c1-17(7-10-3-2-4-18-9-10)8-11-5-15-12(16-13)6-14-11/h5-6,10H,2-4,7-9,13H2,1H3,(H,15,16). The SMILES string of the molecule is CN(Cc1cnc(NN)cn1)CC1CCCOC1. The molecule has 1 aromatic rings. The van der Waals surface area contributed by atoms with E-state index in [9.17, 15) is 0 Å². The van der Waals surface area contributed by atoms with Crippen molar-refractivity contribution in [2.75, 3.05) is 32.2 Å². The molecule has 1 atom stereocenters. The summed E-state index contributed by atoms with van der Waals surface area (Å²) in [6.07, 6.45) is 5.83. The molecule has 1 saturated heterocycles. The Morgan fingerprint density at radius 2 is 2.39 bits per heavy atom. The minimum absolute atomic E-state index is 0.585. The van der Waals surface area contributed by atoms with E-state index in [1.165, 1.54) is 12.8 Å². The van der Waals surface area contributed by atoms with E-state index < -0.39 is 0 Å². The third kappa shape index (κ3) is 3.90. The number of nitrogens with one attached hydrogen (secondary N) is 1. The first-order valence-electron chi connectivity index (χ1n) is 6.31. The molecule has 18 heavy (non-hydrogen) atoms. The summed E-state index contributed by atoms with van der Waals surface area (Å²) in [7, 11) is 2.10. The highest BCUT2D eigenvalue weighted by atomic mass is 16.5. The predicted octanol–water partition coefficient (Wildman–Crippen LogP) is 0.621. The quantitative estimate of drug-likeness (QED) is 0.590. The highest BCUT2D eigenvalue weighted by Gasteiger charge is 2.16. The van der Waals surface area contributed by atoms with Crippen LogP contribution in [-0.2, 0) is 11.3 Å². The maximum Gasteiger partial charge on any atom is 0.158 e. The van der Waals surface area contributed by atoms with Crippen molar-refractivity contribution in [3.05, 3.63) is 18.1 Å². The third-order valence-corrected chi connectivity index (χ3v) is 3.11. The van der Waals surface area contributed by atoms with E-state index in [0.717, 1.165) is 32.0 Å². The van der Waals surface area contributed by atoms with Gasteiger partial charge in [-0.2, -0.15) is 0 Å². The van der Waals surface area contributed by atoms with E-state index in [0.29, 0.717) is 11.7 Å². The van der Waals surface area contributed by atoms with Gasteiger partial charge < -0.3 is 15.1 Å². The van der Waals surface area contributed by atoms with Crippen LogP contribution in [0.25, 0.3) is 0 Å². The van der Waals surface area contributed by atoms with Crippen molar-refractivity contribution >= 4 is 5.82 Å². The molecule has 0 aromatic carbocycles. The second-order valence-corrected chi connectivity index (χ2v) is 4.82. The maximum absolute atomic E-state index is 5.49. The van der Waals surface area contributed by atoms with Crippen LogP contribution >= 0.6 is 0 Å². The summed E-state index contributed by atoms with van der Waals surface area (Å²) < 4.78 is 5.49. The maximum atomic E-state index is 5.49. The summed E-state index contributed by atoms with van der Waals surface area (Å²) in [5, 5.41) is 0. The molecule has 1 fully saturated rings. The lowest BCUT2D eigenvalue weighted by atomic mass is 10.0. The van der Waals surface area contributed by atoms with Gasteiger partial charge in [0, 0.05) is 19.7 Å². The number of nitrogen functional groups attached to an aromatic ring is 1. The zero-order chi connectivity index (χ0) is 12.8. The summed E-state index contributed by atoms with van der Waals surface area (Å²) in [4.78, 5) is 10.7. The van der Waals surface area contributed by atoms with Crippen molar-refractivity contribution < 1.29 is 4.74 Å². The minimum atomic E-state index is 0.585. The second-order valence-electron chi connectivity index (χ2n) is 4.82. The number of anilines is 1. The molecular weight excluding hydrogens is 230 g/mol. The van der Waals surface area contributed by atoms with Gasteiger partial charge in [-0.05, 0) is 25.8 Å². The first-order chi connectivity index (χ1) is 8.78. The molecule has 1 aliphatic heterocycles. The number of hydrazine groups is 1. The van der Waals surface area contributed by atoms with E-state index in [-0.39, 0.29) is 0 Å². The van der Waals surface area contributed by atoms with E-state index >= 15 is 0 Å². The topological polar surface area (TPSA) is 76.3 Å². The fourth-order valence-corrected chi connectivity index (χ4v) is 2.24. The summed E-state index contributed by atoms with van der Waals surface area (Å²) in [5.41, 5.74) is 3.42. The molecule has 2 rings (SSSR count). The minimum Gasteiger partial charge on any atom is -0.381 e. The lowest BCUT2D eigenvalue weighted by Crippen LogP contribution is -2.30. The van der Waals surface area contributed by atoms with Gasteiger partial charge in [-0.3, -0.25) is 4.98 Å². The fourth-order valence-electron chi connectivity index (χ4n) is 2.24. The molecule has 0 spiro atoms. The van der Waals surface area contributed by atoms with Gasteiger partial charge in [-0.25, -0.2) is 10.8 Å². The van der Waals surface area contributed by atoms with Crippen molar-refractivity contribution in [3.8, 4) is 0 Å². The van der Waals surface area contributed by atoms with E-state index in [1.54, 1.807) is 12.4 Å². The van der Waals surface area contributed by atoms with E-state index in [2.05, 4.69) is 27.3 Å². The van der Waals surface area contributed by atoms with Crippen molar-refractivity contribution in [2.24, 2.45) is 11.8 Å². The molecule has 1 aliphatic rings. The molecule has 100 valence electrons. The summed E-state index contributed by atoms with van der Waals surface area (Å²) in [5.74, 6) is 6.47. The molecule has 3 N–H and O–H groups in total. The summed E-state index contributed by atoms with van der Waals surface area (Å²) >= 11 is 0. The Morgan fingerprint density at radius 1 is 1.50 bits per heavy atom. The molecule has 6 heteroatoms. The molecule has 1 aromatic heterocycles. The number of nitrogens with two attached hydrogens (primary N) is 1. The van der Waals surface area contributed by atoms with Gasteiger partial charge in [-0.15, -0.1) is 0 Å². The highest BCUT2D eigenvalue weighted by molar-refractivity contribution is 5.28. The zero-order valence-corrected chi connectivity index (χ0v) is 10.8. The summed E-state index contributed by atoms with van der Waals surface area (Å²) in [6, 6.07) is 0. The van der Waals surface area contributed by atoms with Crippen LogP contribution in [0.5, 0.6) is 0 Å². The van der Waals surface area contributed by atoms with Crippen LogP contribution in [0, 0.1) is 5.92 Å². The van der Waals surface area contributed by atoms with Gasteiger partial charge in [0.15, 0.2) is 5.82 Å². The average Bonchev–Trinajstić information content (AvgIpc) is 2.40. The van der Waals surface area contributed by atoms with Crippen molar-refractivity contribution in [2.45, 2.75) is 19.4 Å². The van der Waals surface area contributed by atoms with Crippen LogP contribution in [-0.4, -0.2) is 41.7 Å². The Balaban J connectivity index is 1.80. The zero-order valence-electron chi connectivity index (χ0n) is 10.8.